The molecule has 0 bridgehead atoms. The molecule has 1 heterocycles. The summed E-state index contributed by atoms with van der Waals surface area (Å²) in [7, 11) is 0. The number of nitro groups is 1. The number of non-ortho nitro benzene ring substituents is 1. The van der Waals surface area contributed by atoms with Gasteiger partial charge in [-0.2, -0.15) is 0 Å². The van der Waals surface area contributed by atoms with Gasteiger partial charge in [0.2, 0.25) is 5.91 Å². The highest BCUT2D eigenvalue weighted by atomic mass is 35.5. The molecule has 6 nitrogen and oxygen atoms in total. The number of amides is 1. The number of rotatable bonds is 4. The second-order valence-corrected chi connectivity index (χ2v) is 5.42. The Morgan fingerprint density at radius 1 is 1.55 bits per heavy atom. The molecule has 0 saturated carbocycles. The van der Waals surface area contributed by atoms with Crippen molar-refractivity contribution in [1.29, 1.82) is 0 Å². The third-order valence-electron chi connectivity index (χ3n) is 3.49. The molecule has 1 fully saturated rings. The van der Waals surface area contributed by atoms with Crippen molar-refractivity contribution in [2.45, 2.75) is 19.3 Å². The number of nitrogens with zero attached hydrogens (tertiary/aromatic N) is 2. The number of primary amides is 1. The fourth-order valence-corrected chi connectivity index (χ4v) is 2.90. The van der Waals surface area contributed by atoms with E-state index in [1.165, 1.54) is 12.1 Å². The number of anilines is 1. The van der Waals surface area contributed by atoms with E-state index < -0.39 is 4.92 Å². The van der Waals surface area contributed by atoms with Gasteiger partial charge in [0.05, 0.1) is 15.6 Å². The molecule has 20 heavy (non-hydrogen) atoms. The van der Waals surface area contributed by atoms with Crippen LogP contribution in [0.15, 0.2) is 18.2 Å². The summed E-state index contributed by atoms with van der Waals surface area (Å²) < 4.78 is 0. The second kappa shape index (κ2) is 6.09. The van der Waals surface area contributed by atoms with Crippen LogP contribution in [0.3, 0.4) is 0 Å². The molecule has 2 N–H and O–H groups in total. The maximum atomic E-state index is 11.0. The molecule has 1 atom stereocenters. The van der Waals surface area contributed by atoms with Gasteiger partial charge in [0.1, 0.15) is 0 Å². The summed E-state index contributed by atoms with van der Waals surface area (Å²) in [5.74, 6) is -0.0841. The zero-order chi connectivity index (χ0) is 14.7. The van der Waals surface area contributed by atoms with Crippen LogP contribution in [0.5, 0.6) is 0 Å². The van der Waals surface area contributed by atoms with Crippen molar-refractivity contribution < 1.29 is 9.72 Å². The average Bonchev–Trinajstić information content (AvgIpc) is 2.38. The molecule has 1 aromatic carbocycles. The number of benzene rings is 1. The van der Waals surface area contributed by atoms with E-state index in [1.807, 2.05) is 0 Å². The standard InChI is InChI=1S/C13H16ClN3O3/c14-11-7-10(17(19)20)3-4-12(11)16-5-1-2-9(8-16)6-13(15)18/h3-4,7,9H,1-2,5-6,8H2,(H2,15,18). The van der Waals surface area contributed by atoms with Crippen molar-refractivity contribution >= 4 is 28.9 Å². The predicted octanol–water partition coefficient (Wildman–Crippen LogP) is 2.34. The van der Waals surface area contributed by atoms with Crippen molar-refractivity contribution in [2.24, 2.45) is 11.7 Å². The Bertz CT molecular complexity index is 536. The Labute approximate surface area is 121 Å². The van der Waals surface area contributed by atoms with Gasteiger partial charge in [-0.15, -0.1) is 0 Å². The minimum atomic E-state index is -0.470. The number of carbonyl (C=O) groups excluding carboxylic acids is 1. The van der Waals surface area contributed by atoms with Gasteiger partial charge in [-0.05, 0) is 24.8 Å². The molecule has 1 saturated heterocycles. The first kappa shape index (κ1) is 14.6. The number of hydrogen-bond donors (Lipinski definition) is 1. The maximum Gasteiger partial charge on any atom is 0.271 e. The van der Waals surface area contributed by atoms with Gasteiger partial charge in [-0.1, -0.05) is 11.6 Å². The minimum absolute atomic E-state index is 0.0237. The molecule has 2 rings (SSSR count). The zero-order valence-corrected chi connectivity index (χ0v) is 11.7. The molecule has 1 aliphatic heterocycles. The Morgan fingerprint density at radius 3 is 2.90 bits per heavy atom. The monoisotopic (exact) mass is 297 g/mol. The first-order valence-electron chi connectivity index (χ1n) is 6.44. The van der Waals surface area contributed by atoms with Gasteiger partial charge < -0.3 is 10.6 Å². The van der Waals surface area contributed by atoms with Gasteiger partial charge >= 0.3 is 0 Å². The second-order valence-electron chi connectivity index (χ2n) is 5.02. The van der Waals surface area contributed by atoms with Gasteiger partial charge in [-0.25, -0.2) is 0 Å². The largest absolute Gasteiger partial charge is 0.370 e. The van der Waals surface area contributed by atoms with Gasteiger partial charge in [-0.3, -0.25) is 14.9 Å². The van der Waals surface area contributed by atoms with Gasteiger partial charge in [0, 0.05) is 31.6 Å². The van der Waals surface area contributed by atoms with Crippen molar-refractivity contribution in [1.82, 2.24) is 0 Å². The Hall–Kier alpha value is -1.82. The lowest BCUT2D eigenvalue weighted by molar-refractivity contribution is -0.384. The number of halogens is 1. The van der Waals surface area contributed by atoms with Crippen LogP contribution in [-0.4, -0.2) is 23.9 Å². The van der Waals surface area contributed by atoms with Gasteiger partial charge in [0.25, 0.3) is 5.69 Å². The fraction of sp³-hybridized carbons (Fsp3) is 0.462. The van der Waals surface area contributed by atoms with E-state index in [-0.39, 0.29) is 17.5 Å². The molecule has 0 spiro atoms. The smallest absolute Gasteiger partial charge is 0.271 e. The molecule has 108 valence electrons. The molecule has 1 unspecified atom stereocenters. The SMILES string of the molecule is NC(=O)CC1CCCN(c2ccc([N+](=O)[O-])cc2Cl)C1. The molecule has 0 aliphatic carbocycles. The summed E-state index contributed by atoms with van der Waals surface area (Å²) in [6.07, 6.45) is 2.27. The van der Waals surface area contributed by atoms with Crippen LogP contribution in [0.2, 0.25) is 5.02 Å². The van der Waals surface area contributed by atoms with Crippen molar-refractivity contribution in [3.05, 3.63) is 33.3 Å². The summed E-state index contributed by atoms with van der Waals surface area (Å²) in [4.78, 5) is 23.3. The van der Waals surface area contributed by atoms with Crippen LogP contribution >= 0.6 is 11.6 Å². The number of nitrogens with two attached hydrogens (primary N) is 1. The van der Waals surface area contributed by atoms with Gasteiger partial charge in [0.15, 0.2) is 0 Å². The number of hydrogen-bond acceptors (Lipinski definition) is 4. The van der Waals surface area contributed by atoms with Crippen LogP contribution in [0.1, 0.15) is 19.3 Å². The Kier molecular flexibility index (Phi) is 4.44. The molecule has 1 amide bonds. The lowest BCUT2D eigenvalue weighted by atomic mass is 9.94. The highest BCUT2D eigenvalue weighted by Crippen LogP contribution is 2.33. The van der Waals surface area contributed by atoms with Crippen LogP contribution in [-0.2, 0) is 4.79 Å². The van der Waals surface area contributed by atoms with E-state index in [1.54, 1.807) is 6.07 Å². The molecule has 1 aromatic rings. The Balaban J connectivity index is 2.14. The molecular formula is C13H16ClN3O3. The van der Waals surface area contributed by atoms with Crippen LogP contribution in [0.25, 0.3) is 0 Å². The van der Waals surface area contributed by atoms with Crippen molar-refractivity contribution in [3.63, 3.8) is 0 Å². The quantitative estimate of drug-likeness (QED) is 0.682. The minimum Gasteiger partial charge on any atom is -0.370 e. The highest BCUT2D eigenvalue weighted by molar-refractivity contribution is 6.33. The van der Waals surface area contributed by atoms with E-state index in [0.29, 0.717) is 18.0 Å². The normalized spacial score (nSPS) is 18.9. The zero-order valence-electron chi connectivity index (χ0n) is 10.9. The highest BCUT2D eigenvalue weighted by Gasteiger charge is 2.23. The number of piperidine rings is 1. The third-order valence-corrected chi connectivity index (χ3v) is 3.79. The summed E-state index contributed by atoms with van der Waals surface area (Å²) >= 11 is 6.12. The lowest BCUT2D eigenvalue weighted by Gasteiger charge is -2.34. The first-order valence-corrected chi connectivity index (χ1v) is 6.82. The summed E-state index contributed by atoms with van der Waals surface area (Å²) in [6, 6.07) is 4.46. The topological polar surface area (TPSA) is 89.5 Å². The molecular weight excluding hydrogens is 282 g/mol. The fourth-order valence-electron chi connectivity index (χ4n) is 2.60. The summed E-state index contributed by atoms with van der Waals surface area (Å²) in [6.45, 7) is 1.52. The van der Waals surface area contributed by atoms with E-state index in [2.05, 4.69) is 4.90 Å². The van der Waals surface area contributed by atoms with E-state index >= 15 is 0 Å². The summed E-state index contributed by atoms with van der Waals surface area (Å²) in [5.41, 5.74) is 5.98. The molecule has 1 aliphatic rings. The Morgan fingerprint density at radius 2 is 2.30 bits per heavy atom. The lowest BCUT2D eigenvalue weighted by Crippen LogP contribution is -2.37. The molecule has 0 radical (unpaired) electrons. The van der Waals surface area contributed by atoms with E-state index in [9.17, 15) is 14.9 Å². The molecule has 0 aromatic heterocycles. The number of nitro benzene ring substituents is 1. The third kappa shape index (κ3) is 3.39. The first-order chi connectivity index (χ1) is 9.47. The van der Waals surface area contributed by atoms with Crippen molar-refractivity contribution in [2.75, 3.05) is 18.0 Å². The van der Waals surface area contributed by atoms with E-state index in [0.717, 1.165) is 25.1 Å². The summed E-state index contributed by atoms with van der Waals surface area (Å²) in [5, 5.41) is 11.1. The predicted molar refractivity (Wildman–Crippen MR) is 76.9 cm³/mol. The maximum absolute atomic E-state index is 11.0. The molecule has 7 heteroatoms. The van der Waals surface area contributed by atoms with Crippen molar-refractivity contribution in [3.8, 4) is 0 Å². The average molecular weight is 298 g/mol. The van der Waals surface area contributed by atoms with Crippen LogP contribution in [0.4, 0.5) is 11.4 Å². The number of carbonyl (C=O) groups is 1. The van der Waals surface area contributed by atoms with Crippen LogP contribution in [0, 0.1) is 16.0 Å². The van der Waals surface area contributed by atoms with Crippen LogP contribution < -0.4 is 10.6 Å². The van der Waals surface area contributed by atoms with E-state index in [4.69, 9.17) is 17.3 Å².